The normalized spacial score (nSPS) is 35.6. The number of rotatable bonds is 3. The van der Waals surface area contributed by atoms with Crippen LogP contribution in [0.25, 0.3) is 0 Å². The largest absolute Gasteiger partial charge is 0.453 e. The van der Waals surface area contributed by atoms with Crippen LogP contribution in [0.2, 0.25) is 0 Å². The molecule has 4 fully saturated rings. The second kappa shape index (κ2) is 6.83. The third-order valence-electron chi connectivity index (χ3n) is 7.61. The quantitative estimate of drug-likeness (QED) is 0.754. The highest BCUT2D eigenvalue weighted by Gasteiger charge is 2.56. The Bertz CT molecular complexity index is 596. The van der Waals surface area contributed by atoms with Crippen LogP contribution in [0.1, 0.15) is 52.4 Å². The van der Waals surface area contributed by atoms with Crippen LogP contribution >= 0.6 is 0 Å². The molecule has 2 amide bonds. The van der Waals surface area contributed by atoms with E-state index in [1.165, 1.54) is 20.0 Å². The molecule has 3 aliphatic heterocycles. The predicted molar refractivity (Wildman–Crippen MR) is 101 cm³/mol. The Morgan fingerprint density at radius 3 is 2.48 bits per heavy atom. The van der Waals surface area contributed by atoms with Crippen molar-refractivity contribution >= 4 is 12.2 Å². The van der Waals surface area contributed by atoms with E-state index in [1.807, 2.05) is 16.7 Å². The third kappa shape index (κ3) is 2.98. The molecule has 1 atom stereocenters. The van der Waals surface area contributed by atoms with Crippen molar-refractivity contribution in [2.75, 3.05) is 39.8 Å². The maximum Gasteiger partial charge on any atom is 0.410 e. The van der Waals surface area contributed by atoms with E-state index in [2.05, 4.69) is 11.8 Å². The Kier molecular flexibility index (Phi) is 4.77. The molecule has 7 heteroatoms. The first kappa shape index (κ1) is 18.8. The standard InChI is InChI=1S/C20H33N3O4/c1-4-16-20(27-18(25)23(16)5-2)7-10-21(11-8-20)15-12-19(13-15)6-9-22(14-19)17(24)26-3/h15-16H,4-14H2,1-3H3. The minimum Gasteiger partial charge on any atom is -0.453 e. The van der Waals surface area contributed by atoms with Gasteiger partial charge in [0.05, 0.1) is 13.2 Å². The predicted octanol–water partition coefficient (Wildman–Crippen LogP) is 2.69. The van der Waals surface area contributed by atoms with E-state index in [-0.39, 0.29) is 23.8 Å². The van der Waals surface area contributed by atoms with Gasteiger partial charge in [0.2, 0.25) is 0 Å². The molecule has 3 saturated heterocycles. The molecule has 27 heavy (non-hydrogen) atoms. The van der Waals surface area contributed by atoms with Crippen molar-refractivity contribution < 1.29 is 19.1 Å². The van der Waals surface area contributed by atoms with Crippen LogP contribution < -0.4 is 0 Å². The summed E-state index contributed by atoms with van der Waals surface area (Å²) in [6, 6.07) is 0.827. The molecule has 0 radical (unpaired) electrons. The van der Waals surface area contributed by atoms with Gasteiger partial charge in [-0.15, -0.1) is 0 Å². The summed E-state index contributed by atoms with van der Waals surface area (Å²) in [4.78, 5) is 30.4. The maximum atomic E-state index is 12.3. The van der Waals surface area contributed by atoms with Gasteiger partial charge in [-0.2, -0.15) is 0 Å². The lowest BCUT2D eigenvalue weighted by molar-refractivity contribution is -0.0634. The molecular weight excluding hydrogens is 346 g/mol. The summed E-state index contributed by atoms with van der Waals surface area (Å²) in [6.45, 7) is 8.59. The van der Waals surface area contributed by atoms with Crippen molar-refractivity contribution in [3.8, 4) is 0 Å². The summed E-state index contributed by atoms with van der Waals surface area (Å²) in [5.74, 6) is 0. The summed E-state index contributed by atoms with van der Waals surface area (Å²) >= 11 is 0. The van der Waals surface area contributed by atoms with E-state index >= 15 is 0 Å². The lowest BCUT2D eigenvalue weighted by Gasteiger charge is -2.53. The van der Waals surface area contributed by atoms with Crippen LogP contribution in [0.4, 0.5) is 9.59 Å². The molecule has 1 aliphatic carbocycles. The molecule has 2 spiro atoms. The number of hydrogen-bond acceptors (Lipinski definition) is 5. The van der Waals surface area contributed by atoms with Crippen LogP contribution in [0.3, 0.4) is 0 Å². The van der Waals surface area contributed by atoms with Crippen LogP contribution in [-0.4, -0.2) is 84.4 Å². The van der Waals surface area contributed by atoms with Crippen molar-refractivity contribution in [2.24, 2.45) is 5.41 Å². The summed E-state index contributed by atoms with van der Waals surface area (Å²) < 4.78 is 10.8. The van der Waals surface area contributed by atoms with E-state index in [0.29, 0.717) is 11.5 Å². The molecule has 152 valence electrons. The van der Waals surface area contributed by atoms with Gasteiger partial charge in [-0.3, -0.25) is 0 Å². The van der Waals surface area contributed by atoms with Gasteiger partial charge in [-0.25, -0.2) is 9.59 Å². The summed E-state index contributed by atoms with van der Waals surface area (Å²) in [6.07, 6.45) is 5.94. The van der Waals surface area contributed by atoms with Crippen LogP contribution in [-0.2, 0) is 9.47 Å². The highest BCUT2D eigenvalue weighted by Crippen LogP contribution is 2.51. The molecule has 1 unspecified atom stereocenters. The van der Waals surface area contributed by atoms with Crippen molar-refractivity contribution in [3.63, 3.8) is 0 Å². The monoisotopic (exact) mass is 379 g/mol. The van der Waals surface area contributed by atoms with Gasteiger partial charge in [0.15, 0.2) is 0 Å². The Morgan fingerprint density at radius 2 is 1.89 bits per heavy atom. The lowest BCUT2D eigenvalue weighted by Crippen LogP contribution is -2.58. The number of carbonyl (C=O) groups is 2. The Labute approximate surface area is 161 Å². The molecule has 4 rings (SSSR count). The lowest BCUT2D eigenvalue weighted by atomic mass is 9.64. The number of likely N-dealkylation sites (tertiary alicyclic amines) is 2. The van der Waals surface area contributed by atoms with Gasteiger partial charge >= 0.3 is 12.2 Å². The van der Waals surface area contributed by atoms with E-state index in [9.17, 15) is 9.59 Å². The first-order valence-electron chi connectivity index (χ1n) is 10.5. The van der Waals surface area contributed by atoms with Gasteiger partial charge in [0.25, 0.3) is 0 Å². The average molecular weight is 380 g/mol. The fourth-order valence-electron chi connectivity index (χ4n) is 6.11. The molecule has 0 aromatic heterocycles. The number of amides is 2. The topological polar surface area (TPSA) is 62.3 Å². The first-order valence-corrected chi connectivity index (χ1v) is 10.5. The summed E-state index contributed by atoms with van der Waals surface area (Å²) in [5.41, 5.74) is 0.0214. The number of nitrogens with zero attached hydrogens (tertiary/aromatic N) is 3. The minimum atomic E-state index is -0.283. The Hall–Kier alpha value is -1.50. The van der Waals surface area contributed by atoms with E-state index in [0.717, 1.165) is 58.4 Å². The van der Waals surface area contributed by atoms with Crippen LogP contribution in [0, 0.1) is 5.41 Å². The SMILES string of the molecule is CCC1N(CC)C(=O)OC12CCN(C1CC3(CCN(C(=O)OC)C3)C1)CC2. The maximum absolute atomic E-state index is 12.3. The second-order valence-corrected chi connectivity index (χ2v) is 8.88. The number of carbonyl (C=O) groups excluding carboxylic acids is 2. The van der Waals surface area contributed by atoms with Crippen LogP contribution in [0.5, 0.6) is 0 Å². The van der Waals surface area contributed by atoms with E-state index in [4.69, 9.17) is 9.47 Å². The Balaban J connectivity index is 1.31. The van der Waals surface area contributed by atoms with Crippen LogP contribution in [0.15, 0.2) is 0 Å². The van der Waals surface area contributed by atoms with Gasteiger partial charge in [0.1, 0.15) is 5.60 Å². The highest BCUT2D eigenvalue weighted by atomic mass is 16.6. The van der Waals surface area contributed by atoms with Gasteiger partial charge in [-0.05, 0) is 38.0 Å². The number of likely N-dealkylation sites (N-methyl/N-ethyl adjacent to an activating group) is 1. The molecule has 0 N–H and O–H groups in total. The molecule has 0 bridgehead atoms. The zero-order chi connectivity index (χ0) is 19.2. The van der Waals surface area contributed by atoms with E-state index < -0.39 is 0 Å². The van der Waals surface area contributed by atoms with Gasteiger partial charge in [0, 0.05) is 51.6 Å². The molecule has 1 saturated carbocycles. The number of hydrogen-bond donors (Lipinski definition) is 0. The zero-order valence-electron chi connectivity index (χ0n) is 16.9. The number of ether oxygens (including phenoxy) is 2. The Morgan fingerprint density at radius 1 is 1.19 bits per heavy atom. The van der Waals surface area contributed by atoms with Gasteiger partial charge < -0.3 is 24.2 Å². The summed E-state index contributed by atoms with van der Waals surface area (Å²) in [7, 11) is 1.46. The average Bonchev–Trinajstić information content (AvgIpc) is 3.20. The summed E-state index contributed by atoms with van der Waals surface area (Å²) in [5, 5.41) is 0. The molecule has 3 heterocycles. The van der Waals surface area contributed by atoms with Crippen molar-refractivity contribution in [2.45, 2.75) is 70.1 Å². The smallest absolute Gasteiger partial charge is 0.410 e. The second-order valence-electron chi connectivity index (χ2n) is 8.88. The molecule has 4 aliphatic rings. The molecular formula is C20H33N3O4. The minimum absolute atomic E-state index is 0.130. The fourth-order valence-corrected chi connectivity index (χ4v) is 6.11. The molecule has 7 nitrogen and oxygen atoms in total. The number of piperidine rings is 1. The zero-order valence-corrected chi connectivity index (χ0v) is 16.9. The first-order chi connectivity index (χ1) is 13.0. The third-order valence-corrected chi connectivity index (χ3v) is 7.61. The number of methoxy groups -OCH3 is 1. The van der Waals surface area contributed by atoms with Crippen molar-refractivity contribution in [1.29, 1.82) is 0 Å². The van der Waals surface area contributed by atoms with Crippen molar-refractivity contribution in [3.05, 3.63) is 0 Å². The molecule has 0 aromatic rings. The molecule has 0 aromatic carbocycles. The fraction of sp³-hybridized carbons (Fsp3) is 0.900. The van der Waals surface area contributed by atoms with E-state index in [1.54, 1.807) is 0 Å². The van der Waals surface area contributed by atoms with Crippen molar-refractivity contribution in [1.82, 2.24) is 14.7 Å². The highest BCUT2D eigenvalue weighted by molar-refractivity contribution is 5.71. The van der Waals surface area contributed by atoms with Gasteiger partial charge in [-0.1, -0.05) is 6.92 Å².